The molecule has 0 bridgehead atoms. The van der Waals surface area contributed by atoms with Crippen molar-refractivity contribution in [3.63, 3.8) is 0 Å². The Morgan fingerprint density at radius 1 is 1.03 bits per heavy atom. The molecule has 0 spiro atoms. The number of halogens is 1. The Labute approximate surface area is 185 Å². The lowest BCUT2D eigenvalue weighted by atomic mass is 10.1. The highest BCUT2D eigenvalue weighted by Crippen LogP contribution is 2.20. The third kappa shape index (κ3) is 4.94. The summed E-state index contributed by atoms with van der Waals surface area (Å²) < 4.78 is 0.790. The minimum absolute atomic E-state index is 0.0938. The van der Waals surface area contributed by atoms with E-state index in [0.29, 0.717) is 17.0 Å². The predicted molar refractivity (Wildman–Crippen MR) is 123 cm³/mol. The molecule has 1 aliphatic heterocycles. The molecule has 5 nitrogen and oxygen atoms in total. The van der Waals surface area contributed by atoms with Crippen molar-refractivity contribution in [1.82, 2.24) is 14.9 Å². The van der Waals surface area contributed by atoms with Gasteiger partial charge in [0.05, 0.1) is 0 Å². The van der Waals surface area contributed by atoms with Gasteiger partial charge in [-0.2, -0.15) is 0 Å². The molecule has 1 aliphatic rings. The summed E-state index contributed by atoms with van der Waals surface area (Å²) in [6, 6.07) is 18.1. The molecular formula is C24H25BrN4O. The third-order valence-corrected chi connectivity index (χ3v) is 5.86. The summed E-state index contributed by atoms with van der Waals surface area (Å²) in [5, 5.41) is 0. The maximum absolute atomic E-state index is 13.0. The van der Waals surface area contributed by atoms with E-state index >= 15 is 0 Å². The number of carbonyl (C=O) groups is 1. The average molecular weight is 465 g/mol. The van der Waals surface area contributed by atoms with Crippen LogP contribution in [-0.2, 0) is 6.54 Å². The first-order valence-corrected chi connectivity index (χ1v) is 11.0. The Balaban J connectivity index is 1.47. The van der Waals surface area contributed by atoms with E-state index in [0.717, 1.165) is 49.4 Å². The van der Waals surface area contributed by atoms with E-state index in [1.54, 1.807) is 12.3 Å². The minimum atomic E-state index is -0.0938. The second kappa shape index (κ2) is 9.49. The largest absolute Gasteiger partial charge is 0.355 e. The van der Waals surface area contributed by atoms with E-state index in [-0.39, 0.29) is 5.78 Å². The Morgan fingerprint density at radius 3 is 2.70 bits per heavy atom. The van der Waals surface area contributed by atoms with E-state index in [1.165, 1.54) is 5.56 Å². The molecule has 0 atom stereocenters. The molecule has 0 radical (unpaired) electrons. The van der Waals surface area contributed by atoms with Gasteiger partial charge in [-0.3, -0.25) is 14.7 Å². The van der Waals surface area contributed by atoms with Crippen molar-refractivity contribution >= 4 is 27.5 Å². The van der Waals surface area contributed by atoms with Gasteiger partial charge in [0, 0.05) is 54.7 Å². The summed E-state index contributed by atoms with van der Waals surface area (Å²) >= 11 is 3.40. The van der Waals surface area contributed by atoms with Crippen LogP contribution in [0.15, 0.2) is 65.3 Å². The molecule has 3 heterocycles. The number of nitrogens with zero attached hydrogens (tertiary/aromatic N) is 4. The van der Waals surface area contributed by atoms with E-state index < -0.39 is 0 Å². The summed E-state index contributed by atoms with van der Waals surface area (Å²) in [7, 11) is 0. The van der Waals surface area contributed by atoms with Crippen molar-refractivity contribution in [3.8, 4) is 0 Å². The molecule has 0 N–H and O–H groups in total. The number of carbonyl (C=O) groups excluding carboxylic acids is 1. The van der Waals surface area contributed by atoms with Crippen LogP contribution in [0, 0.1) is 6.92 Å². The molecule has 3 aromatic rings. The fourth-order valence-electron chi connectivity index (χ4n) is 3.80. The van der Waals surface area contributed by atoms with Crippen molar-refractivity contribution in [3.05, 3.63) is 87.8 Å². The smallest absolute Gasteiger partial charge is 0.213 e. The molecule has 1 saturated heterocycles. The molecule has 0 saturated carbocycles. The lowest BCUT2D eigenvalue weighted by Gasteiger charge is -2.23. The highest BCUT2D eigenvalue weighted by Gasteiger charge is 2.19. The molecule has 6 heteroatoms. The van der Waals surface area contributed by atoms with Crippen LogP contribution in [0.4, 0.5) is 5.82 Å². The van der Waals surface area contributed by atoms with E-state index in [4.69, 9.17) is 4.98 Å². The number of ketones is 1. The molecule has 0 amide bonds. The monoisotopic (exact) mass is 464 g/mol. The van der Waals surface area contributed by atoms with Crippen LogP contribution in [0.5, 0.6) is 0 Å². The van der Waals surface area contributed by atoms with Crippen LogP contribution < -0.4 is 4.90 Å². The second-order valence-electron chi connectivity index (χ2n) is 7.60. The average Bonchev–Trinajstić information content (AvgIpc) is 3.01. The van der Waals surface area contributed by atoms with E-state index in [2.05, 4.69) is 61.0 Å². The first kappa shape index (κ1) is 20.7. The molecule has 2 aromatic heterocycles. The van der Waals surface area contributed by atoms with Crippen LogP contribution >= 0.6 is 15.9 Å². The number of hydrogen-bond donors (Lipinski definition) is 0. The molecule has 4 rings (SSSR count). The van der Waals surface area contributed by atoms with Crippen LogP contribution in [0.1, 0.15) is 33.7 Å². The van der Waals surface area contributed by atoms with Gasteiger partial charge in [-0.25, -0.2) is 4.98 Å². The molecule has 0 unspecified atom stereocenters. The number of hydrogen-bond acceptors (Lipinski definition) is 5. The first-order valence-electron chi connectivity index (χ1n) is 10.3. The summed E-state index contributed by atoms with van der Waals surface area (Å²) in [5.74, 6) is 0.770. The number of aromatic nitrogens is 2. The molecular weight excluding hydrogens is 440 g/mol. The van der Waals surface area contributed by atoms with Gasteiger partial charge in [-0.15, -0.1) is 0 Å². The number of pyridine rings is 2. The van der Waals surface area contributed by atoms with Gasteiger partial charge in [0.15, 0.2) is 0 Å². The van der Waals surface area contributed by atoms with Crippen molar-refractivity contribution in [1.29, 1.82) is 0 Å². The van der Waals surface area contributed by atoms with Gasteiger partial charge >= 0.3 is 0 Å². The number of aryl methyl sites for hydroxylation is 1. The number of rotatable bonds is 5. The normalized spacial score (nSPS) is 15.1. The van der Waals surface area contributed by atoms with Crippen molar-refractivity contribution < 1.29 is 4.79 Å². The first-order chi connectivity index (χ1) is 14.6. The minimum Gasteiger partial charge on any atom is -0.355 e. The highest BCUT2D eigenvalue weighted by molar-refractivity contribution is 9.10. The lowest BCUT2D eigenvalue weighted by Crippen LogP contribution is -2.31. The SMILES string of the molecule is Cc1ncc(Br)cc1C(=O)c1cccc(N2CCCN(Cc3ccccc3)CC2)n1. The quantitative estimate of drug-likeness (QED) is 0.520. The van der Waals surface area contributed by atoms with E-state index in [1.807, 2.05) is 25.1 Å². The molecule has 0 aliphatic carbocycles. The highest BCUT2D eigenvalue weighted by atomic mass is 79.9. The summed E-state index contributed by atoms with van der Waals surface area (Å²) in [6.45, 7) is 6.69. The molecule has 154 valence electrons. The number of benzene rings is 1. The summed E-state index contributed by atoms with van der Waals surface area (Å²) in [4.78, 5) is 26.8. The molecule has 30 heavy (non-hydrogen) atoms. The van der Waals surface area contributed by atoms with Gasteiger partial charge in [0.1, 0.15) is 11.5 Å². The standard InChI is InChI=1S/C24H25BrN4O/c1-18-21(15-20(25)16-26-18)24(30)22-9-5-10-23(27-22)29-12-6-11-28(13-14-29)17-19-7-3-2-4-8-19/h2-5,7-10,15-16H,6,11-14,17H2,1H3. The topological polar surface area (TPSA) is 49.3 Å². The van der Waals surface area contributed by atoms with Crippen molar-refractivity contribution in [2.24, 2.45) is 0 Å². The van der Waals surface area contributed by atoms with Crippen LogP contribution in [0.2, 0.25) is 0 Å². The Bertz CT molecular complexity index is 1020. The maximum atomic E-state index is 13.0. The second-order valence-corrected chi connectivity index (χ2v) is 8.51. The zero-order valence-electron chi connectivity index (χ0n) is 17.1. The lowest BCUT2D eigenvalue weighted by molar-refractivity contribution is 0.103. The third-order valence-electron chi connectivity index (χ3n) is 5.43. The molecule has 1 aromatic carbocycles. The Morgan fingerprint density at radius 2 is 1.87 bits per heavy atom. The van der Waals surface area contributed by atoms with Crippen LogP contribution in [-0.4, -0.2) is 46.8 Å². The van der Waals surface area contributed by atoms with Crippen molar-refractivity contribution in [2.45, 2.75) is 19.9 Å². The Kier molecular flexibility index (Phi) is 6.55. The summed E-state index contributed by atoms with van der Waals surface area (Å²) in [6.07, 6.45) is 2.77. The van der Waals surface area contributed by atoms with Gasteiger partial charge in [0.25, 0.3) is 0 Å². The maximum Gasteiger partial charge on any atom is 0.213 e. The number of anilines is 1. The summed E-state index contributed by atoms with van der Waals surface area (Å²) in [5.41, 5.74) is 3.09. The van der Waals surface area contributed by atoms with Gasteiger partial charge in [-0.1, -0.05) is 36.4 Å². The fourth-order valence-corrected chi connectivity index (χ4v) is 4.13. The molecule has 1 fully saturated rings. The predicted octanol–water partition coefficient (Wildman–Crippen LogP) is 4.49. The van der Waals surface area contributed by atoms with Gasteiger partial charge in [0.2, 0.25) is 5.78 Å². The zero-order chi connectivity index (χ0) is 20.9. The Hall–Kier alpha value is -2.57. The fraction of sp³-hybridized carbons (Fsp3) is 0.292. The van der Waals surface area contributed by atoms with Crippen LogP contribution in [0.25, 0.3) is 0 Å². The van der Waals surface area contributed by atoms with Crippen LogP contribution in [0.3, 0.4) is 0 Å². The van der Waals surface area contributed by atoms with Gasteiger partial charge in [-0.05, 0) is 53.0 Å². The van der Waals surface area contributed by atoms with Crippen molar-refractivity contribution in [2.75, 3.05) is 31.1 Å². The van der Waals surface area contributed by atoms with E-state index in [9.17, 15) is 4.79 Å². The van der Waals surface area contributed by atoms with Gasteiger partial charge < -0.3 is 4.90 Å². The zero-order valence-corrected chi connectivity index (χ0v) is 18.7.